The standard InChI is InChI=1S/C8H11F3N2O3/c1-2-6(14)12-5-3-16-13(7(5)15)4-8(9,10)11/h5H,2-4H2,1H3,(H,12,14)/t5-/m0/s1. The van der Waals surface area contributed by atoms with E-state index in [2.05, 4.69) is 10.2 Å². The monoisotopic (exact) mass is 240 g/mol. The molecular weight excluding hydrogens is 229 g/mol. The molecule has 0 aromatic carbocycles. The van der Waals surface area contributed by atoms with Crippen molar-refractivity contribution < 1.29 is 27.6 Å². The highest BCUT2D eigenvalue weighted by atomic mass is 19.4. The highest BCUT2D eigenvalue weighted by molar-refractivity contribution is 5.88. The number of nitrogens with one attached hydrogen (secondary N) is 1. The van der Waals surface area contributed by atoms with E-state index < -0.39 is 30.6 Å². The third-order valence-corrected chi connectivity index (χ3v) is 1.92. The van der Waals surface area contributed by atoms with E-state index in [1.807, 2.05) is 0 Å². The average Bonchev–Trinajstić information content (AvgIpc) is 2.47. The third-order valence-electron chi connectivity index (χ3n) is 1.92. The summed E-state index contributed by atoms with van der Waals surface area (Å²) in [6.07, 6.45) is -4.36. The van der Waals surface area contributed by atoms with E-state index in [1.165, 1.54) is 0 Å². The maximum atomic E-state index is 12.0. The lowest BCUT2D eigenvalue weighted by Gasteiger charge is -2.16. The number of rotatable bonds is 3. The Morgan fingerprint density at radius 3 is 2.75 bits per heavy atom. The van der Waals surface area contributed by atoms with Gasteiger partial charge in [-0.15, -0.1) is 0 Å². The number of hydrogen-bond acceptors (Lipinski definition) is 3. The van der Waals surface area contributed by atoms with Crippen LogP contribution in [0.3, 0.4) is 0 Å². The van der Waals surface area contributed by atoms with Crippen LogP contribution in [0.15, 0.2) is 0 Å². The van der Waals surface area contributed by atoms with Crippen molar-refractivity contribution in [2.75, 3.05) is 13.2 Å². The van der Waals surface area contributed by atoms with Gasteiger partial charge in [0.15, 0.2) is 0 Å². The van der Waals surface area contributed by atoms with Crippen LogP contribution in [0, 0.1) is 0 Å². The number of halogens is 3. The van der Waals surface area contributed by atoms with Crippen LogP contribution in [0.2, 0.25) is 0 Å². The molecule has 0 radical (unpaired) electrons. The summed E-state index contributed by atoms with van der Waals surface area (Å²) in [4.78, 5) is 26.8. The Morgan fingerprint density at radius 2 is 2.25 bits per heavy atom. The Morgan fingerprint density at radius 1 is 1.62 bits per heavy atom. The molecular formula is C8H11F3N2O3. The minimum Gasteiger partial charge on any atom is -0.342 e. The molecule has 92 valence electrons. The van der Waals surface area contributed by atoms with E-state index in [-0.39, 0.29) is 18.1 Å². The largest absolute Gasteiger partial charge is 0.408 e. The molecule has 1 heterocycles. The number of hydroxylamine groups is 2. The van der Waals surface area contributed by atoms with Gasteiger partial charge < -0.3 is 5.32 Å². The van der Waals surface area contributed by atoms with Crippen molar-refractivity contribution in [2.45, 2.75) is 25.6 Å². The molecule has 1 aliphatic heterocycles. The minimum atomic E-state index is -4.51. The van der Waals surface area contributed by atoms with Gasteiger partial charge in [-0.3, -0.25) is 14.4 Å². The van der Waals surface area contributed by atoms with E-state index in [0.717, 1.165) is 0 Å². The minimum absolute atomic E-state index is 0.156. The van der Waals surface area contributed by atoms with Crippen molar-refractivity contribution in [3.63, 3.8) is 0 Å². The van der Waals surface area contributed by atoms with Gasteiger partial charge in [0.25, 0.3) is 5.91 Å². The van der Waals surface area contributed by atoms with Gasteiger partial charge in [0.2, 0.25) is 5.91 Å². The van der Waals surface area contributed by atoms with Crippen LogP contribution in [-0.2, 0) is 14.4 Å². The molecule has 1 saturated heterocycles. The van der Waals surface area contributed by atoms with Gasteiger partial charge >= 0.3 is 6.18 Å². The summed E-state index contributed by atoms with van der Waals surface area (Å²) >= 11 is 0. The average molecular weight is 240 g/mol. The smallest absolute Gasteiger partial charge is 0.342 e. The molecule has 0 unspecified atom stereocenters. The molecule has 8 heteroatoms. The second-order valence-electron chi connectivity index (χ2n) is 3.26. The normalized spacial score (nSPS) is 21.4. The summed E-state index contributed by atoms with van der Waals surface area (Å²) in [6.45, 7) is -0.159. The van der Waals surface area contributed by atoms with Crippen LogP contribution in [0.25, 0.3) is 0 Å². The van der Waals surface area contributed by atoms with Gasteiger partial charge in [0, 0.05) is 6.42 Å². The van der Waals surface area contributed by atoms with Crippen LogP contribution in [-0.4, -0.2) is 42.2 Å². The molecule has 16 heavy (non-hydrogen) atoms. The number of amides is 2. The Kier molecular flexibility index (Phi) is 3.74. The van der Waals surface area contributed by atoms with Crippen LogP contribution >= 0.6 is 0 Å². The lowest BCUT2D eigenvalue weighted by atomic mass is 10.3. The van der Waals surface area contributed by atoms with Crippen LogP contribution in [0.1, 0.15) is 13.3 Å². The summed E-state index contributed by atoms with van der Waals surface area (Å²) in [5.74, 6) is -1.28. The highest BCUT2D eigenvalue weighted by Crippen LogP contribution is 2.19. The molecule has 1 rings (SSSR count). The van der Waals surface area contributed by atoms with E-state index in [1.54, 1.807) is 6.92 Å². The van der Waals surface area contributed by atoms with E-state index in [4.69, 9.17) is 0 Å². The summed E-state index contributed by atoms with van der Waals surface area (Å²) in [7, 11) is 0. The molecule has 0 saturated carbocycles. The maximum absolute atomic E-state index is 12.0. The van der Waals surface area contributed by atoms with E-state index >= 15 is 0 Å². The zero-order chi connectivity index (χ0) is 12.3. The van der Waals surface area contributed by atoms with Gasteiger partial charge in [0.05, 0.1) is 0 Å². The molecule has 0 bridgehead atoms. The lowest BCUT2D eigenvalue weighted by molar-refractivity contribution is -0.214. The molecule has 0 aromatic rings. The van der Waals surface area contributed by atoms with Crippen molar-refractivity contribution in [3.05, 3.63) is 0 Å². The number of carbonyl (C=O) groups is 2. The molecule has 5 nitrogen and oxygen atoms in total. The predicted molar refractivity (Wildman–Crippen MR) is 45.9 cm³/mol. The Hall–Kier alpha value is -1.31. The fraction of sp³-hybridized carbons (Fsp3) is 0.750. The summed E-state index contributed by atoms with van der Waals surface area (Å²) in [5, 5.41) is 2.49. The second kappa shape index (κ2) is 4.69. The van der Waals surface area contributed by atoms with Crippen LogP contribution in [0.5, 0.6) is 0 Å². The van der Waals surface area contributed by atoms with Gasteiger partial charge in [-0.05, 0) is 0 Å². The lowest BCUT2D eigenvalue weighted by Crippen LogP contribution is -2.44. The van der Waals surface area contributed by atoms with Gasteiger partial charge in [-0.2, -0.15) is 13.2 Å². The Labute approximate surface area is 89.5 Å². The number of hydrogen-bond donors (Lipinski definition) is 1. The van der Waals surface area contributed by atoms with E-state index in [0.29, 0.717) is 0 Å². The first-order chi connectivity index (χ1) is 7.33. The molecule has 0 aliphatic carbocycles. The molecule has 1 fully saturated rings. The number of alkyl halides is 3. The summed E-state index contributed by atoms with van der Waals surface area (Å²) < 4.78 is 35.9. The van der Waals surface area contributed by atoms with Gasteiger partial charge in [0.1, 0.15) is 19.2 Å². The van der Waals surface area contributed by atoms with Crippen molar-refractivity contribution in [2.24, 2.45) is 0 Å². The molecule has 2 amide bonds. The zero-order valence-electron chi connectivity index (χ0n) is 8.50. The maximum Gasteiger partial charge on any atom is 0.408 e. The fourth-order valence-corrected chi connectivity index (χ4v) is 1.16. The fourth-order valence-electron chi connectivity index (χ4n) is 1.16. The Bertz CT molecular complexity index is 293. The van der Waals surface area contributed by atoms with Gasteiger partial charge in [-0.1, -0.05) is 6.92 Å². The first kappa shape index (κ1) is 12.8. The van der Waals surface area contributed by atoms with Crippen molar-refractivity contribution in [1.29, 1.82) is 0 Å². The van der Waals surface area contributed by atoms with Crippen molar-refractivity contribution in [3.8, 4) is 0 Å². The van der Waals surface area contributed by atoms with Crippen LogP contribution in [0.4, 0.5) is 13.2 Å². The molecule has 1 N–H and O–H groups in total. The second-order valence-corrected chi connectivity index (χ2v) is 3.26. The molecule has 1 atom stereocenters. The van der Waals surface area contributed by atoms with Crippen molar-refractivity contribution >= 4 is 11.8 Å². The topological polar surface area (TPSA) is 58.6 Å². The SMILES string of the molecule is CCC(=O)N[C@H]1CON(CC(F)(F)F)C1=O. The highest BCUT2D eigenvalue weighted by Gasteiger charge is 2.41. The van der Waals surface area contributed by atoms with E-state index in [9.17, 15) is 22.8 Å². The first-order valence-corrected chi connectivity index (χ1v) is 4.64. The predicted octanol–water partition coefficient (Wildman–Crippen LogP) is 0.217. The molecule has 1 aliphatic rings. The van der Waals surface area contributed by atoms with Crippen LogP contribution < -0.4 is 5.32 Å². The number of carbonyl (C=O) groups excluding carboxylic acids is 2. The zero-order valence-corrected chi connectivity index (χ0v) is 8.50. The summed E-state index contributed by atoms with van der Waals surface area (Å²) in [6, 6.07) is -1.02. The first-order valence-electron chi connectivity index (χ1n) is 4.64. The molecule has 0 aromatic heterocycles. The third kappa shape index (κ3) is 3.37. The summed E-state index contributed by atoms with van der Waals surface area (Å²) in [5.41, 5.74) is 0. The van der Waals surface area contributed by atoms with Crippen molar-refractivity contribution in [1.82, 2.24) is 10.4 Å². The number of nitrogens with zero attached hydrogens (tertiary/aromatic N) is 1. The van der Waals surface area contributed by atoms with Gasteiger partial charge in [-0.25, -0.2) is 5.06 Å². The Balaban J connectivity index is 2.51. The quantitative estimate of drug-likeness (QED) is 0.767. The molecule has 0 spiro atoms.